The molecule has 30 heavy (non-hydrogen) atoms. The Balaban J connectivity index is 0.00000160. The summed E-state index contributed by atoms with van der Waals surface area (Å²) in [5, 5.41) is 0. The Kier molecular flexibility index (Phi) is 9.04. The summed E-state index contributed by atoms with van der Waals surface area (Å²) in [6, 6.07) is 26.4. The van der Waals surface area contributed by atoms with Crippen LogP contribution in [-0.4, -0.2) is 11.8 Å². The van der Waals surface area contributed by atoms with Gasteiger partial charge in [-0.05, 0) is 0 Å². The van der Waals surface area contributed by atoms with Gasteiger partial charge in [-0.2, -0.15) is 0 Å². The molecule has 1 atom stereocenters. The van der Waals surface area contributed by atoms with Gasteiger partial charge in [-0.1, -0.05) is 0 Å². The van der Waals surface area contributed by atoms with Gasteiger partial charge < -0.3 is 24.8 Å². The number of hydrogen-bond acceptors (Lipinski definition) is 2. The van der Waals surface area contributed by atoms with Crippen molar-refractivity contribution in [2.75, 3.05) is 0 Å². The fourth-order valence-electron chi connectivity index (χ4n) is 3.26. The molecule has 151 valence electrons. The van der Waals surface area contributed by atoms with Crippen LogP contribution in [0.2, 0.25) is 0 Å². The van der Waals surface area contributed by atoms with E-state index < -0.39 is 22.3 Å². The van der Waals surface area contributed by atoms with E-state index in [0.29, 0.717) is 11.1 Å². The van der Waals surface area contributed by atoms with Gasteiger partial charge in [-0.15, -0.1) is 0 Å². The largest absolute Gasteiger partial charge is 1.00 e. The van der Waals surface area contributed by atoms with Gasteiger partial charge in [0.15, 0.2) is 0 Å². The summed E-state index contributed by atoms with van der Waals surface area (Å²) in [7, 11) is 0. The van der Waals surface area contributed by atoms with E-state index in [4.69, 9.17) is 0 Å². The number of halogens is 2. The van der Waals surface area contributed by atoms with Crippen molar-refractivity contribution in [3.05, 3.63) is 113 Å². The van der Waals surface area contributed by atoms with Crippen LogP contribution in [0.15, 0.2) is 91.0 Å². The molecule has 0 aromatic heterocycles. The summed E-state index contributed by atoms with van der Waals surface area (Å²) >= 11 is -2.97. The maximum absolute atomic E-state index is 12.8. The quantitative estimate of drug-likeness (QED) is 0.415. The first-order valence-corrected chi connectivity index (χ1v) is 13.0. The predicted octanol–water partition coefficient (Wildman–Crippen LogP) is -1.93. The van der Waals surface area contributed by atoms with Crippen LogP contribution in [0.4, 0.5) is 0 Å². The Hall–Kier alpha value is -2.20. The fourth-order valence-corrected chi connectivity index (χ4v) is 8.21. The summed E-state index contributed by atoms with van der Waals surface area (Å²) in [4.78, 5) is 25.6. The number of amides is 2. The Morgan fingerprint density at radius 2 is 1.13 bits per heavy atom. The van der Waals surface area contributed by atoms with Crippen LogP contribution in [0.25, 0.3) is 6.08 Å². The van der Waals surface area contributed by atoms with Crippen molar-refractivity contribution in [3.63, 3.8) is 0 Å². The average Bonchev–Trinajstić information content (AvgIpc) is 3.18. The van der Waals surface area contributed by atoms with Crippen molar-refractivity contribution in [1.82, 2.24) is 6.52 Å². The molecule has 2 N–H and O–H groups in total. The Morgan fingerprint density at radius 3 is 1.67 bits per heavy atom. The Labute approximate surface area is 197 Å². The summed E-state index contributed by atoms with van der Waals surface area (Å²) in [6.07, 6.45) is 4.18. The molecule has 0 fully saturated rings. The molecule has 7 heteroatoms. The summed E-state index contributed by atoms with van der Waals surface area (Å²) in [6.45, 7) is 0. The maximum atomic E-state index is 12.8. The Bertz CT molecular complexity index is 976. The van der Waals surface area contributed by atoms with E-state index in [9.17, 15) is 9.59 Å². The molecule has 0 radical (unpaired) electrons. The molecule has 0 spiro atoms. The normalized spacial score (nSPS) is 13.3. The van der Waals surface area contributed by atoms with Gasteiger partial charge in [0.05, 0.1) is 0 Å². The van der Waals surface area contributed by atoms with Crippen LogP contribution in [0.1, 0.15) is 35.5 Å². The summed E-state index contributed by atoms with van der Waals surface area (Å²) in [5.74, 6) is -0.276. The van der Waals surface area contributed by atoms with E-state index in [1.165, 1.54) is 5.56 Å². The minimum Gasteiger partial charge on any atom is -1.00 e. The second-order valence-electron chi connectivity index (χ2n) is 6.52. The zero-order valence-electron chi connectivity index (χ0n) is 15.9. The third-order valence-corrected chi connectivity index (χ3v) is 9.89. The smallest absolute Gasteiger partial charge is 1.00 e. The molecule has 0 aliphatic heterocycles. The van der Waals surface area contributed by atoms with Crippen LogP contribution < -0.4 is 31.3 Å². The molecule has 0 saturated carbocycles. The van der Waals surface area contributed by atoms with E-state index in [0.717, 1.165) is 5.56 Å². The second-order valence-corrected chi connectivity index (χ2v) is 11.3. The fraction of sp³-hybridized carbons (Fsp3) is 0.0435. The molecule has 0 bridgehead atoms. The molecule has 1 unspecified atom stereocenters. The predicted molar refractivity (Wildman–Crippen MR) is 106 cm³/mol. The van der Waals surface area contributed by atoms with Crippen molar-refractivity contribution >= 4 is 17.9 Å². The van der Waals surface area contributed by atoms with Crippen LogP contribution in [0.3, 0.4) is 0 Å². The molecular weight excluding hydrogens is 498 g/mol. The van der Waals surface area contributed by atoms with Crippen LogP contribution in [-0.2, 0) is 22.3 Å². The molecular formula is C23H19Cl2N2O2Zr. The number of carbonyl (C=O) groups is 2. The van der Waals surface area contributed by atoms with Gasteiger partial charge in [-0.3, -0.25) is 0 Å². The number of benzene rings is 3. The monoisotopic (exact) mass is 515 g/mol. The first-order chi connectivity index (χ1) is 13.7. The first kappa shape index (κ1) is 24.1. The number of rotatable bonds is 5. The van der Waals surface area contributed by atoms with Crippen LogP contribution in [0.5, 0.6) is 0 Å². The molecule has 0 saturated heterocycles. The molecule has 4 nitrogen and oxygen atoms in total. The SMILES string of the molecule is O=C([NH][Zr+2]([NH]C(=O)c1ccccc1)[CH]1C=Cc2ccccc21)c1ccccc1.[Cl-].[Cl-]. The van der Waals surface area contributed by atoms with Gasteiger partial charge in [0.2, 0.25) is 0 Å². The van der Waals surface area contributed by atoms with Crippen molar-refractivity contribution in [2.24, 2.45) is 0 Å². The number of carbonyl (C=O) groups excluding carboxylic acids is 2. The third-order valence-electron chi connectivity index (χ3n) is 4.68. The van der Waals surface area contributed by atoms with Crippen LogP contribution >= 0.6 is 0 Å². The molecule has 3 aromatic rings. The molecule has 4 rings (SSSR count). The molecule has 0 heterocycles. The number of allylic oxidation sites excluding steroid dienone is 1. The van der Waals surface area contributed by atoms with E-state index in [1.54, 1.807) is 24.3 Å². The molecule has 1 aliphatic carbocycles. The average molecular weight is 518 g/mol. The van der Waals surface area contributed by atoms with E-state index >= 15 is 0 Å². The molecule has 2 amide bonds. The van der Waals surface area contributed by atoms with Gasteiger partial charge in [0.25, 0.3) is 0 Å². The molecule has 3 aromatic carbocycles. The maximum Gasteiger partial charge on any atom is -1.00 e. The topological polar surface area (TPSA) is 58.2 Å². The minimum absolute atomic E-state index is 0. The minimum atomic E-state index is -2.97. The van der Waals surface area contributed by atoms with Gasteiger partial charge in [0.1, 0.15) is 0 Å². The van der Waals surface area contributed by atoms with Crippen molar-refractivity contribution < 1.29 is 56.7 Å². The second kappa shape index (κ2) is 11.3. The first-order valence-electron chi connectivity index (χ1n) is 9.09. The zero-order chi connectivity index (χ0) is 19.3. The van der Waals surface area contributed by atoms with Gasteiger partial charge >= 0.3 is 173 Å². The van der Waals surface area contributed by atoms with Gasteiger partial charge in [0, 0.05) is 0 Å². The third kappa shape index (κ3) is 5.48. The van der Waals surface area contributed by atoms with Crippen molar-refractivity contribution in [1.29, 1.82) is 0 Å². The van der Waals surface area contributed by atoms with Crippen LogP contribution in [0, 0.1) is 0 Å². The summed E-state index contributed by atoms with van der Waals surface area (Å²) < 4.78 is 6.44. The summed E-state index contributed by atoms with van der Waals surface area (Å²) in [5.41, 5.74) is 3.52. The standard InChI is InChI=1S/C9H7.2C7H7NO.2ClH.Zr/c1-2-5-9-7-3-6-8(9)4-1;2*8-7(9)6-4-2-1-3-5-6;;;/h1-7H;2*1-5H,(H2,8,9);2*1H;/q;;;;;+4/p-4. The van der Waals surface area contributed by atoms with Crippen molar-refractivity contribution in [2.45, 2.75) is 3.63 Å². The number of hydrogen-bond donors (Lipinski definition) is 2. The number of fused-ring (bicyclic) bond motifs is 1. The van der Waals surface area contributed by atoms with E-state index in [2.05, 4.69) is 30.8 Å². The zero-order valence-corrected chi connectivity index (χ0v) is 19.9. The van der Waals surface area contributed by atoms with E-state index in [1.807, 2.05) is 48.5 Å². The Morgan fingerprint density at radius 1 is 0.667 bits per heavy atom. The molecule has 1 aliphatic rings. The van der Waals surface area contributed by atoms with Crippen molar-refractivity contribution in [3.8, 4) is 0 Å². The van der Waals surface area contributed by atoms with Gasteiger partial charge in [-0.25, -0.2) is 0 Å². The van der Waals surface area contributed by atoms with E-state index in [-0.39, 0.29) is 40.3 Å². The number of nitrogens with one attached hydrogen (secondary N) is 2.